The van der Waals surface area contributed by atoms with Gasteiger partial charge >= 0.3 is 0 Å². The van der Waals surface area contributed by atoms with Crippen molar-refractivity contribution < 1.29 is 13.9 Å². The van der Waals surface area contributed by atoms with E-state index in [0.29, 0.717) is 28.3 Å². The molecule has 0 aliphatic rings. The zero-order valence-corrected chi connectivity index (χ0v) is 17.4. The summed E-state index contributed by atoms with van der Waals surface area (Å²) in [5.74, 6) is 0.321. The second-order valence-electron chi connectivity index (χ2n) is 6.81. The maximum Gasteiger partial charge on any atom is 0.261 e. The van der Waals surface area contributed by atoms with Crippen molar-refractivity contribution in [1.82, 2.24) is 9.55 Å². The van der Waals surface area contributed by atoms with Gasteiger partial charge in [-0.15, -0.1) is 0 Å². The summed E-state index contributed by atoms with van der Waals surface area (Å²) in [5, 5.41) is 1.15. The third-order valence-electron chi connectivity index (χ3n) is 4.75. The lowest BCUT2D eigenvalue weighted by molar-refractivity contribution is 0.0927. The molecule has 3 aromatic carbocycles. The first-order valence-corrected chi connectivity index (χ1v) is 10.2. The normalized spacial score (nSPS) is 11.0. The molecule has 4 rings (SSSR count). The number of hydrogen-bond donors (Lipinski definition) is 0. The van der Waals surface area contributed by atoms with E-state index in [2.05, 4.69) is 0 Å². The van der Waals surface area contributed by atoms with Crippen LogP contribution in [0.2, 0.25) is 5.02 Å². The molecule has 1 aromatic heterocycles. The first kappa shape index (κ1) is 21.0. The van der Waals surface area contributed by atoms with E-state index in [4.69, 9.17) is 26.1 Å². The average molecular weight is 439 g/mol. The molecule has 1 heterocycles. The van der Waals surface area contributed by atoms with Crippen molar-refractivity contribution in [2.45, 2.75) is 6.54 Å². The van der Waals surface area contributed by atoms with Crippen molar-refractivity contribution in [3.63, 3.8) is 0 Å². The second-order valence-corrected chi connectivity index (χ2v) is 7.24. The Morgan fingerprint density at radius 3 is 2.45 bits per heavy atom. The predicted octanol–water partition coefficient (Wildman–Crippen LogP) is 4.95. The van der Waals surface area contributed by atoms with Gasteiger partial charge < -0.3 is 9.47 Å². The summed E-state index contributed by atoms with van der Waals surface area (Å²) in [4.78, 5) is 17.8. The van der Waals surface area contributed by atoms with Gasteiger partial charge in [0.05, 0.1) is 30.7 Å². The summed E-state index contributed by atoms with van der Waals surface area (Å²) in [6.45, 7) is 1.06. The lowest BCUT2D eigenvalue weighted by atomic mass is 10.2. The molecule has 158 valence electrons. The summed E-state index contributed by atoms with van der Waals surface area (Å²) >= 11 is 6.01. The molecule has 0 N–H and O–H groups in total. The number of fused-ring (bicyclic) bond motifs is 1. The highest BCUT2D eigenvalue weighted by Crippen LogP contribution is 2.21. The first-order valence-electron chi connectivity index (χ1n) is 9.84. The van der Waals surface area contributed by atoms with E-state index in [-0.39, 0.29) is 31.1 Å². The molecular weight excluding hydrogens is 419 g/mol. The van der Waals surface area contributed by atoms with Gasteiger partial charge in [0.15, 0.2) is 11.6 Å². The molecule has 0 aliphatic heterocycles. The summed E-state index contributed by atoms with van der Waals surface area (Å²) in [5.41, 5.74) is 1.28. The van der Waals surface area contributed by atoms with Crippen molar-refractivity contribution in [1.29, 1.82) is 0 Å². The Bertz CT molecular complexity index is 1240. The van der Waals surface area contributed by atoms with E-state index in [9.17, 15) is 9.18 Å². The van der Waals surface area contributed by atoms with Crippen LogP contribution in [0, 0.1) is 5.82 Å². The number of para-hydroxylation sites is 2. The Morgan fingerprint density at radius 1 is 0.903 bits per heavy atom. The molecule has 5 nitrogen and oxygen atoms in total. The molecule has 0 atom stereocenters. The van der Waals surface area contributed by atoms with Gasteiger partial charge in [-0.25, -0.2) is 9.37 Å². The smallest absolute Gasteiger partial charge is 0.261 e. The van der Waals surface area contributed by atoms with E-state index in [0.717, 1.165) is 5.56 Å². The maximum absolute atomic E-state index is 13.6. The quantitative estimate of drug-likeness (QED) is 0.365. The highest BCUT2D eigenvalue weighted by atomic mass is 35.5. The zero-order chi connectivity index (χ0) is 21.6. The van der Waals surface area contributed by atoms with E-state index in [1.807, 2.05) is 30.3 Å². The van der Waals surface area contributed by atoms with Crippen LogP contribution in [0.15, 0.2) is 77.6 Å². The van der Waals surface area contributed by atoms with Crippen LogP contribution in [0.3, 0.4) is 0 Å². The monoisotopic (exact) mass is 438 g/mol. The van der Waals surface area contributed by atoms with Crippen LogP contribution in [0.4, 0.5) is 4.39 Å². The van der Waals surface area contributed by atoms with Gasteiger partial charge in [-0.1, -0.05) is 35.9 Å². The summed E-state index contributed by atoms with van der Waals surface area (Å²) in [7, 11) is 0. The molecule has 0 radical (unpaired) electrons. The molecule has 0 aliphatic carbocycles. The maximum atomic E-state index is 13.6. The van der Waals surface area contributed by atoms with E-state index < -0.39 is 5.82 Å². The van der Waals surface area contributed by atoms with E-state index in [1.54, 1.807) is 41.0 Å². The molecule has 0 saturated heterocycles. The SMILES string of the molecule is O=c1c2ccccc2nc(-c2ccc(Cl)cc2)n1CCOCCOc1ccccc1F. The summed E-state index contributed by atoms with van der Waals surface area (Å²) in [6.07, 6.45) is 0. The Morgan fingerprint density at radius 2 is 1.65 bits per heavy atom. The van der Waals surface area contributed by atoms with Crippen LogP contribution in [-0.2, 0) is 11.3 Å². The summed E-state index contributed by atoms with van der Waals surface area (Å²) in [6, 6.07) is 20.6. The van der Waals surface area contributed by atoms with Crippen molar-refractivity contribution in [2.24, 2.45) is 0 Å². The zero-order valence-electron chi connectivity index (χ0n) is 16.6. The van der Waals surface area contributed by atoms with Crippen LogP contribution >= 0.6 is 11.6 Å². The fourth-order valence-corrected chi connectivity index (χ4v) is 3.35. The molecule has 0 spiro atoms. The summed E-state index contributed by atoms with van der Waals surface area (Å²) < 4.78 is 26.2. The number of hydrogen-bond acceptors (Lipinski definition) is 4. The van der Waals surface area contributed by atoms with Gasteiger partial charge in [0.1, 0.15) is 12.4 Å². The minimum absolute atomic E-state index is 0.137. The molecule has 7 heteroatoms. The molecule has 0 saturated carbocycles. The number of halogens is 2. The van der Waals surface area contributed by atoms with Gasteiger partial charge in [-0.05, 0) is 48.5 Å². The Hall–Kier alpha value is -3.22. The molecule has 0 fully saturated rings. The fraction of sp³-hybridized carbons (Fsp3) is 0.167. The Kier molecular flexibility index (Phi) is 6.60. The minimum Gasteiger partial charge on any atom is -0.488 e. The number of rotatable bonds is 8. The highest BCUT2D eigenvalue weighted by molar-refractivity contribution is 6.30. The third kappa shape index (κ3) is 4.93. The molecule has 0 unspecified atom stereocenters. The molecular formula is C24H20ClFN2O3. The third-order valence-corrected chi connectivity index (χ3v) is 5.00. The van der Waals surface area contributed by atoms with Crippen LogP contribution < -0.4 is 10.3 Å². The minimum atomic E-state index is -0.413. The first-order chi connectivity index (χ1) is 15.1. The van der Waals surface area contributed by atoms with Gasteiger partial charge in [0, 0.05) is 10.6 Å². The fourth-order valence-electron chi connectivity index (χ4n) is 3.23. The van der Waals surface area contributed by atoms with Crippen LogP contribution in [0.25, 0.3) is 22.3 Å². The van der Waals surface area contributed by atoms with Crippen molar-refractivity contribution in [3.05, 3.63) is 94.0 Å². The Balaban J connectivity index is 1.48. The topological polar surface area (TPSA) is 53.4 Å². The largest absolute Gasteiger partial charge is 0.488 e. The van der Waals surface area contributed by atoms with Gasteiger partial charge in [-0.3, -0.25) is 9.36 Å². The van der Waals surface area contributed by atoms with E-state index >= 15 is 0 Å². The number of nitrogens with zero attached hydrogens (tertiary/aromatic N) is 2. The van der Waals surface area contributed by atoms with Crippen LogP contribution in [0.5, 0.6) is 5.75 Å². The van der Waals surface area contributed by atoms with E-state index in [1.165, 1.54) is 6.07 Å². The van der Waals surface area contributed by atoms with Gasteiger partial charge in [0.2, 0.25) is 0 Å². The number of ether oxygens (including phenoxy) is 2. The van der Waals surface area contributed by atoms with Crippen LogP contribution in [-0.4, -0.2) is 29.4 Å². The lowest BCUT2D eigenvalue weighted by Crippen LogP contribution is -2.26. The van der Waals surface area contributed by atoms with Crippen molar-refractivity contribution in [3.8, 4) is 17.1 Å². The Labute approximate surface area is 183 Å². The second kappa shape index (κ2) is 9.73. The molecule has 4 aromatic rings. The molecule has 0 bridgehead atoms. The van der Waals surface area contributed by atoms with Gasteiger partial charge in [-0.2, -0.15) is 0 Å². The standard InChI is InChI=1S/C24H20ClFN2O3/c25-18-11-9-17(10-12-18)23-27-21-7-3-1-5-19(21)24(29)28(23)13-14-30-15-16-31-22-8-4-2-6-20(22)26/h1-12H,13-16H2. The number of aromatic nitrogens is 2. The van der Waals surface area contributed by atoms with Crippen molar-refractivity contribution >= 4 is 22.5 Å². The molecule has 31 heavy (non-hydrogen) atoms. The lowest BCUT2D eigenvalue weighted by Gasteiger charge is -2.14. The van der Waals surface area contributed by atoms with Crippen LogP contribution in [0.1, 0.15) is 0 Å². The van der Waals surface area contributed by atoms with Gasteiger partial charge in [0.25, 0.3) is 5.56 Å². The molecule has 0 amide bonds. The van der Waals surface area contributed by atoms with Crippen molar-refractivity contribution in [2.75, 3.05) is 19.8 Å². The average Bonchev–Trinajstić information content (AvgIpc) is 2.79. The predicted molar refractivity (Wildman–Crippen MR) is 119 cm³/mol. The number of benzene rings is 3. The highest BCUT2D eigenvalue weighted by Gasteiger charge is 2.12.